The van der Waals surface area contributed by atoms with Crippen LogP contribution in [0.4, 0.5) is 0 Å². The van der Waals surface area contributed by atoms with E-state index >= 15 is 0 Å². The molecule has 1 amide bonds. The number of aromatic nitrogens is 1. The van der Waals surface area contributed by atoms with Crippen molar-refractivity contribution in [1.82, 2.24) is 15.4 Å². The van der Waals surface area contributed by atoms with E-state index in [1.807, 2.05) is 24.9 Å². The highest BCUT2D eigenvalue weighted by atomic mass is 35.5. The molecule has 1 aromatic rings. The Kier molecular flexibility index (Phi) is 4.94. The van der Waals surface area contributed by atoms with Crippen molar-refractivity contribution in [1.29, 1.82) is 0 Å². The molecule has 2 aliphatic rings. The molecule has 1 aliphatic heterocycles. The third kappa shape index (κ3) is 2.94. The van der Waals surface area contributed by atoms with Gasteiger partial charge in [0.25, 0.3) is 0 Å². The molecule has 2 heterocycles. The summed E-state index contributed by atoms with van der Waals surface area (Å²) in [6.45, 7) is 4.22. The van der Waals surface area contributed by atoms with Crippen LogP contribution in [0.25, 0.3) is 0 Å². The van der Waals surface area contributed by atoms with Crippen LogP contribution >= 0.6 is 12.4 Å². The van der Waals surface area contributed by atoms with Crippen LogP contribution in [0, 0.1) is 18.3 Å². The molecule has 2 atom stereocenters. The quantitative estimate of drug-likeness (QED) is 0.929. The lowest BCUT2D eigenvalue weighted by Gasteiger charge is -2.39. The van der Waals surface area contributed by atoms with Crippen molar-refractivity contribution in [3.8, 4) is 0 Å². The van der Waals surface area contributed by atoms with E-state index in [1.54, 1.807) is 0 Å². The first-order valence-electron chi connectivity index (χ1n) is 7.50. The summed E-state index contributed by atoms with van der Waals surface area (Å²) in [5.41, 5.74) is 0.652. The van der Waals surface area contributed by atoms with Crippen molar-refractivity contribution in [3.63, 3.8) is 0 Å². The van der Waals surface area contributed by atoms with Gasteiger partial charge in [-0.3, -0.25) is 4.79 Å². The smallest absolute Gasteiger partial charge is 0.230 e. The minimum absolute atomic E-state index is 0. The van der Waals surface area contributed by atoms with Gasteiger partial charge in [0.1, 0.15) is 11.5 Å². The number of nitrogens with one attached hydrogen (secondary N) is 1. The number of carbonyl (C=O) groups excluding carboxylic acids is 1. The summed E-state index contributed by atoms with van der Waals surface area (Å²) in [6.07, 6.45) is 4.62. The van der Waals surface area contributed by atoms with Crippen LogP contribution in [0.3, 0.4) is 0 Å². The van der Waals surface area contributed by atoms with Crippen molar-refractivity contribution in [3.05, 3.63) is 17.5 Å². The highest BCUT2D eigenvalue weighted by Crippen LogP contribution is 2.45. The monoisotopic (exact) mass is 313 g/mol. The number of aryl methyl sites for hydroxylation is 1. The fourth-order valence-electron chi connectivity index (χ4n) is 3.86. The number of carbonyl (C=O) groups is 1. The van der Waals surface area contributed by atoms with Crippen LogP contribution in [0.5, 0.6) is 0 Å². The number of fused-ring (bicyclic) bond motifs is 1. The molecule has 2 fully saturated rings. The Hall–Kier alpha value is -1.07. The fraction of sp³-hybridized carbons (Fsp3) is 0.733. The van der Waals surface area contributed by atoms with E-state index in [9.17, 15) is 4.79 Å². The Labute approximate surface area is 131 Å². The molecular weight excluding hydrogens is 290 g/mol. The van der Waals surface area contributed by atoms with E-state index in [0.717, 1.165) is 31.0 Å². The maximum absolute atomic E-state index is 12.9. The molecular formula is C15H24ClN3O2. The first kappa shape index (κ1) is 16.3. The van der Waals surface area contributed by atoms with Gasteiger partial charge in [0.2, 0.25) is 5.91 Å². The Morgan fingerprint density at radius 2 is 2.38 bits per heavy atom. The average molecular weight is 314 g/mol. The van der Waals surface area contributed by atoms with Gasteiger partial charge in [-0.2, -0.15) is 0 Å². The fourth-order valence-corrected chi connectivity index (χ4v) is 3.86. The normalized spacial score (nSPS) is 27.8. The van der Waals surface area contributed by atoms with Crippen molar-refractivity contribution in [2.24, 2.45) is 11.3 Å². The zero-order valence-electron chi connectivity index (χ0n) is 12.7. The molecule has 118 valence electrons. The summed E-state index contributed by atoms with van der Waals surface area (Å²) in [5, 5.41) is 7.41. The molecule has 0 aromatic carbocycles. The molecule has 3 rings (SSSR count). The molecule has 1 N–H and O–H groups in total. The zero-order valence-corrected chi connectivity index (χ0v) is 13.5. The van der Waals surface area contributed by atoms with Crippen LogP contribution in [0.15, 0.2) is 10.6 Å². The Morgan fingerprint density at radius 1 is 1.57 bits per heavy atom. The largest absolute Gasteiger partial charge is 0.361 e. The van der Waals surface area contributed by atoms with Gasteiger partial charge in [-0.25, -0.2) is 0 Å². The number of hydrogen-bond donors (Lipinski definition) is 1. The van der Waals surface area contributed by atoms with Gasteiger partial charge < -0.3 is 14.7 Å². The van der Waals surface area contributed by atoms with E-state index in [1.165, 1.54) is 19.3 Å². The van der Waals surface area contributed by atoms with Gasteiger partial charge in [-0.1, -0.05) is 18.0 Å². The molecule has 21 heavy (non-hydrogen) atoms. The van der Waals surface area contributed by atoms with Gasteiger partial charge in [-0.15, -0.1) is 12.4 Å². The molecule has 6 heteroatoms. The molecule has 5 nitrogen and oxygen atoms in total. The van der Waals surface area contributed by atoms with Crippen LogP contribution in [0.1, 0.15) is 37.1 Å². The number of nitrogens with zero attached hydrogens (tertiary/aromatic N) is 2. The topological polar surface area (TPSA) is 58.4 Å². The highest BCUT2D eigenvalue weighted by Gasteiger charge is 2.50. The van der Waals surface area contributed by atoms with E-state index in [2.05, 4.69) is 10.5 Å². The summed E-state index contributed by atoms with van der Waals surface area (Å²) in [5.74, 6) is 1.56. The molecule has 1 aliphatic carbocycles. The van der Waals surface area contributed by atoms with Gasteiger partial charge in [0, 0.05) is 19.7 Å². The lowest BCUT2D eigenvalue weighted by atomic mass is 9.67. The molecule has 1 saturated carbocycles. The summed E-state index contributed by atoms with van der Waals surface area (Å²) < 4.78 is 5.08. The third-order valence-corrected chi connectivity index (χ3v) is 4.89. The highest BCUT2D eigenvalue weighted by molar-refractivity contribution is 5.85. The predicted molar refractivity (Wildman–Crippen MR) is 82.2 cm³/mol. The van der Waals surface area contributed by atoms with Gasteiger partial charge in [0.15, 0.2) is 0 Å². The van der Waals surface area contributed by atoms with Crippen molar-refractivity contribution >= 4 is 18.3 Å². The second-order valence-corrected chi connectivity index (χ2v) is 6.32. The predicted octanol–water partition coefficient (Wildman–Crippen LogP) is 2.14. The van der Waals surface area contributed by atoms with Crippen molar-refractivity contribution < 1.29 is 9.32 Å². The average Bonchev–Trinajstić information content (AvgIpc) is 3.04. The van der Waals surface area contributed by atoms with Gasteiger partial charge in [-0.05, 0) is 32.2 Å². The standard InChI is InChI=1S/C15H23N3O2.ClH/c1-11-7-13(17-20-11)9-18(2)14(19)15-6-4-3-5-12(15)8-16-10-15;/h7,12,16H,3-6,8-10H2,1-2H3;1H/t12-,15+;/m0./s1. The lowest BCUT2D eigenvalue weighted by molar-refractivity contribution is -0.144. The van der Waals surface area contributed by atoms with E-state index in [-0.39, 0.29) is 23.7 Å². The molecule has 0 radical (unpaired) electrons. The summed E-state index contributed by atoms with van der Waals surface area (Å²) >= 11 is 0. The second kappa shape index (κ2) is 6.36. The van der Waals surface area contributed by atoms with Crippen LogP contribution < -0.4 is 5.32 Å². The number of rotatable bonds is 3. The minimum Gasteiger partial charge on any atom is -0.361 e. The molecule has 1 aromatic heterocycles. The van der Waals surface area contributed by atoms with Crippen LogP contribution in [-0.2, 0) is 11.3 Å². The van der Waals surface area contributed by atoms with E-state index in [4.69, 9.17) is 4.52 Å². The number of halogens is 1. The third-order valence-electron chi connectivity index (χ3n) is 4.89. The van der Waals surface area contributed by atoms with Crippen molar-refractivity contribution in [2.75, 3.05) is 20.1 Å². The first-order chi connectivity index (χ1) is 9.62. The summed E-state index contributed by atoms with van der Waals surface area (Å²) in [6, 6.07) is 1.90. The summed E-state index contributed by atoms with van der Waals surface area (Å²) in [7, 11) is 1.88. The summed E-state index contributed by atoms with van der Waals surface area (Å²) in [4.78, 5) is 14.8. The molecule has 0 bridgehead atoms. The van der Waals surface area contributed by atoms with Gasteiger partial charge >= 0.3 is 0 Å². The SMILES string of the molecule is Cc1cc(CN(C)C(=O)[C@@]23CCCC[C@H]2CNC3)no1.Cl. The second-order valence-electron chi connectivity index (χ2n) is 6.32. The Morgan fingerprint density at radius 3 is 3.10 bits per heavy atom. The first-order valence-corrected chi connectivity index (χ1v) is 7.50. The van der Waals surface area contributed by atoms with E-state index < -0.39 is 0 Å². The zero-order chi connectivity index (χ0) is 14.2. The van der Waals surface area contributed by atoms with Gasteiger partial charge in [0.05, 0.1) is 12.0 Å². The van der Waals surface area contributed by atoms with Crippen LogP contribution in [-0.4, -0.2) is 36.1 Å². The Balaban J connectivity index is 0.00000161. The molecule has 0 spiro atoms. The maximum Gasteiger partial charge on any atom is 0.230 e. The van der Waals surface area contributed by atoms with Crippen molar-refractivity contribution in [2.45, 2.75) is 39.2 Å². The lowest BCUT2D eigenvalue weighted by Crippen LogP contribution is -2.48. The number of amides is 1. The molecule has 1 saturated heterocycles. The van der Waals surface area contributed by atoms with E-state index in [0.29, 0.717) is 12.5 Å². The number of hydrogen-bond acceptors (Lipinski definition) is 4. The molecule has 0 unspecified atom stereocenters. The maximum atomic E-state index is 12.9. The minimum atomic E-state index is -0.175. The Bertz CT molecular complexity index is 505. The van der Waals surface area contributed by atoms with Crippen LogP contribution in [0.2, 0.25) is 0 Å².